The fourth-order valence-corrected chi connectivity index (χ4v) is 3.51. The van der Waals surface area contributed by atoms with E-state index in [9.17, 15) is 14.0 Å². The molecular formula is C24H23FN4O2. The minimum atomic E-state index is -0.334. The van der Waals surface area contributed by atoms with Crippen molar-refractivity contribution in [3.05, 3.63) is 93.8 Å². The van der Waals surface area contributed by atoms with Crippen LogP contribution in [0.2, 0.25) is 0 Å². The quantitative estimate of drug-likeness (QED) is 0.523. The Morgan fingerprint density at radius 3 is 2.61 bits per heavy atom. The van der Waals surface area contributed by atoms with Crippen LogP contribution in [0, 0.1) is 19.7 Å². The normalized spacial score (nSPS) is 11.1. The monoisotopic (exact) mass is 418 g/mol. The van der Waals surface area contributed by atoms with E-state index >= 15 is 0 Å². The zero-order chi connectivity index (χ0) is 22.0. The van der Waals surface area contributed by atoms with Gasteiger partial charge in [-0.2, -0.15) is 5.10 Å². The van der Waals surface area contributed by atoms with Crippen LogP contribution in [0.15, 0.2) is 65.7 Å². The van der Waals surface area contributed by atoms with Gasteiger partial charge in [-0.05, 0) is 49.2 Å². The average molecular weight is 418 g/mol. The molecule has 0 unspecified atom stereocenters. The van der Waals surface area contributed by atoms with Crippen LogP contribution in [0.25, 0.3) is 16.8 Å². The van der Waals surface area contributed by atoms with Crippen LogP contribution in [0.3, 0.4) is 0 Å². The Kier molecular flexibility index (Phi) is 5.66. The van der Waals surface area contributed by atoms with Gasteiger partial charge in [0.15, 0.2) is 0 Å². The zero-order valence-corrected chi connectivity index (χ0v) is 17.4. The third kappa shape index (κ3) is 4.55. The van der Waals surface area contributed by atoms with Gasteiger partial charge >= 0.3 is 0 Å². The maximum atomic E-state index is 13.0. The molecule has 0 aliphatic rings. The van der Waals surface area contributed by atoms with Crippen LogP contribution in [0.1, 0.15) is 16.7 Å². The first-order valence-electron chi connectivity index (χ1n) is 10.1. The molecule has 31 heavy (non-hydrogen) atoms. The van der Waals surface area contributed by atoms with E-state index in [0.29, 0.717) is 18.6 Å². The van der Waals surface area contributed by atoms with Gasteiger partial charge in [0.1, 0.15) is 11.3 Å². The van der Waals surface area contributed by atoms with Gasteiger partial charge in [-0.15, -0.1) is 0 Å². The van der Waals surface area contributed by atoms with E-state index in [1.54, 1.807) is 39.7 Å². The fraction of sp³-hybridized carbons (Fsp3) is 0.208. The molecule has 0 saturated heterocycles. The molecule has 0 fully saturated rings. The van der Waals surface area contributed by atoms with Crippen LogP contribution >= 0.6 is 0 Å². The number of aryl methyl sites for hydroxylation is 2. The molecule has 0 spiro atoms. The summed E-state index contributed by atoms with van der Waals surface area (Å²) in [5.74, 6) is -0.512. The number of hydrogen-bond acceptors (Lipinski definition) is 3. The zero-order valence-electron chi connectivity index (χ0n) is 17.4. The first kappa shape index (κ1) is 20.5. The largest absolute Gasteiger partial charge is 0.354 e. The third-order valence-electron chi connectivity index (χ3n) is 5.23. The molecule has 0 aliphatic heterocycles. The lowest BCUT2D eigenvalue weighted by atomic mass is 10.0. The summed E-state index contributed by atoms with van der Waals surface area (Å²) in [5.41, 5.74) is 5.03. The molecule has 4 rings (SSSR count). The molecule has 1 amide bonds. The van der Waals surface area contributed by atoms with Gasteiger partial charge in [0, 0.05) is 31.0 Å². The van der Waals surface area contributed by atoms with Gasteiger partial charge in [-0.3, -0.25) is 9.59 Å². The molecular weight excluding hydrogens is 395 g/mol. The highest BCUT2D eigenvalue weighted by Gasteiger charge is 2.11. The Labute approximate surface area is 179 Å². The molecule has 158 valence electrons. The summed E-state index contributed by atoms with van der Waals surface area (Å²) in [4.78, 5) is 25.0. The number of amides is 1. The van der Waals surface area contributed by atoms with Crippen molar-refractivity contribution in [1.29, 1.82) is 0 Å². The standard InChI is InChI=1S/C24H23FN4O2/c1-16-3-4-17(2)20(13-16)21-15-22-24(31)28(11-12-29(22)27-21)10-9-26-23(30)14-18-5-7-19(25)8-6-18/h3-8,11-13,15H,9-10,14H2,1-2H3,(H,26,30). The van der Waals surface area contributed by atoms with Crippen LogP contribution < -0.4 is 10.9 Å². The van der Waals surface area contributed by atoms with E-state index in [-0.39, 0.29) is 23.7 Å². The summed E-state index contributed by atoms with van der Waals surface area (Å²) < 4.78 is 16.1. The van der Waals surface area contributed by atoms with Crippen LogP contribution in [-0.4, -0.2) is 26.6 Å². The summed E-state index contributed by atoms with van der Waals surface area (Å²) in [7, 11) is 0. The third-order valence-corrected chi connectivity index (χ3v) is 5.23. The first-order chi connectivity index (χ1) is 14.9. The van der Waals surface area contributed by atoms with Crippen molar-refractivity contribution >= 4 is 11.4 Å². The Balaban J connectivity index is 1.45. The van der Waals surface area contributed by atoms with E-state index in [2.05, 4.69) is 16.5 Å². The molecule has 6 nitrogen and oxygen atoms in total. The molecule has 2 heterocycles. The lowest BCUT2D eigenvalue weighted by molar-refractivity contribution is -0.120. The molecule has 1 N–H and O–H groups in total. The van der Waals surface area contributed by atoms with Crippen molar-refractivity contribution in [1.82, 2.24) is 19.5 Å². The van der Waals surface area contributed by atoms with E-state index < -0.39 is 0 Å². The molecule has 0 aliphatic carbocycles. The van der Waals surface area contributed by atoms with E-state index in [0.717, 1.165) is 27.9 Å². The number of carbonyl (C=O) groups excluding carboxylic acids is 1. The van der Waals surface area contributed by atoms with Crippen LogP contribution in [0.4, 0.5) is 4.39 Å². The van der Waals surface area contributed by atoms with Gasteiger partial charge in [0.25, 0.3) is 5.56 Å². The summed E-state index contributed by atoms with van der Waals surface area (Å²) in [6.45, 7) is 4.70. The molecule has 0 bridgehead atoms. The molecule has 4 aromatic rings. The minimum Gasteiger partial charge on any atom is -0.354 e. The van der Waals surface area contributed by atoms with Crippen molar-refractivity contribution in [2.45, 2.75) is 26.8 Å². The van der Waals surface area contributed by atoms with E-state index in [1.807, 2.05) is 26.0 Å². The fourth-order valence-electron chi connectivity index (χ4n) is 3.51. The Hall–Kier alpha value is -3.74. The molecule has 2 aromatic carbocycles. The van der Waals surface area contributed by atoms with Crippen molar-refractivity contribution in [3.63, 3.8) is 0 Å². The number of aromatic nitrogens is 3. The van der Waals surface area contributed by atoms with Gasteiger partial charge in [-0.25, -0.2) is 8.91 Å². The molecule has 7 heteroatoms. The molecule has 0 atom stereocenters. The van der Waals surface area contributed by atoms with Gasteiger partial charge in [0.2, 0.25) is 5.91 Å². The van der Waals surface area contributed by atoms with Gasteiger partial charge in [0.05, 0.1) is 12.1 Å². The van der Waals surface area contributed by atoms with Crippen molar-refractivity contribution in [2.24, 2.45) is 0 Å². The number of carbonyl (C=O) groups is 1. The highest BCUT2D eigenvalue weighted by atomic mass is 19.1. The van der Waals surface area contributed by atoms with Crippen LogP contribution in [0.5, 0.6) is 0 Å². The van der Waals surface area contributed by atoms with Gasteiger partial charge < -0.3 is 9.88 Å². The number of nitrogens with zero attached hydrogens (tertiary/aromatic N) is 3. The number of halogens is 1. The maximum absolute atomic E-state index is 13.0. The molecule has 2 aromatic heterocycles. The van der Waals surface area contributed by atoms with Crippen LogP contribution in [-0.2, 0) is 17.8 Å². The SMILES string of the molecule is Cc1ccc(C)c(-c2cc3c(=O)n(CCNC(=O)Cc4ccc(F)cc4)ccn3n2)c1. The van der Waals surface area contributed by atoms with Crippen molar-refractivity contribution < 1.29 is 9.18 Å². The lowest BCUT2D eigenvalue weighted by Gasteiger charge is -2.08. The summed E-state index contributed by atoms with van der Waals surface area (Å²) in [6, 6.07) is 13.8. The van der Waals surface area contributed by atoms with E-state index in [1.165, 1.54) is 12.1 Å². The predicted molar refractivity (Wildman–Crippen MR) is 117 cm³/mol. The second-order valence-electron chi connectivity index (χ2n) is 7.63. The van der Waals surface area contributed by atoms with Crippen molar-refractivity contribution in [2.75, 3.05) is 6.54 Å². The number of rotatable bonds is 6. The topological polar surface area (TPSA) is 68.4 Å². The predicted octanol–water partition coefficient (Wildman–Crippen LogP) is 3.28. The average Bonchev–Trinajstić information content (AvgIpc) is 3.18. The van der Waals surface area contributed by atoms with E-state index in [4.69, 9.17) is 0 Å². The Bertz CT molecular complexity index is 1310. The van der Waals surface area contributed by atoms with Gasteiger partial charge in [-0.1, -0.05) is 29.8 Å². The smallest absolute Gasteiger partial charge is 0.276 e. The summed E-state index contributed by atoms with van der Waals surface area (Å²) in [5, 5.41) is 7.35. The number of nitrogens with one attached hydrogen (secondary N) is 1. The molecule has 0 radical (unpaired) electrons. The minimum absolute atomic E-state index is 0.163. The molecule has 0 saturated carbocycles. The second kappa shape index (κ2) is 8.55. The summed E-state index contributed by atoms with van der Waals surface area (Å²) in [6.07, 6.45) is 3.57. The lowest BCUT2D eigenvalue weighted by Crippen LogP contribution is -2.32. The Morgan fingerprint density at radius 1 is 1.06 bits per heavy atom. The van der Waals surface area contributed by atoms with Crippen molar-refractivity contribution in [3.8, 4) is 11.3 Å². The Morgan fingerprint density at radius 2 is 1.84 bits per heavy atom. The number of hydrogen-bond donors (Lipinski definition) is 1. The first-order valence-corrected chi connectivity index (χ1v) is 10.1. The highest BCUT2D eigenvalue weighted by Crippen LogP contribution is 2.23. The number of fused-ring (bicyclic) bond motifs is 1. The maximum Gasteiger partial charge on any atom is 0.276 e. The number of benzene rings is 2. The highest BCUT2D eigenvalue weighted by molar-refractivity contribution is 5.78. The summed E-state index contributed by atoms with van der Waals surface area (Å²) >= 11 is 0. The second-order valence-corrected chi connectivity index (χ2v) is 7.63.